The lowest BCUT2D eigenvalue weighted by atomic mass is 9.99. The maximum absolute atomic E-state index is 12.4. The van der Waals surface area contributed by atoms with Crippen LogP contribution >= 0.6 is 23.2 Å². The van der Waals surface area contributed by atoms with E-state index in [1.165, 1.54) is 0 Å². The van der Waals surface area contributed by atoms with Crippen molar-refractivity contribution >= 4 is 34.2 Å². The fourth-order valence-corrected chi connectivity index (χ4v) is 3.25. The van der Waals surface area contributed by atoms with E-state index in [2.05, 4.69) is 14.7 Å². The smallest absolute Gasteiger partial charge is 0.388 e. The molecule has 9 heteroatoms. The van der Waals surface area contributed by atoms with Gasteiger partial charge in [0.1, 0.15) is 11.9 Å². The lowest BCUT2D eigenvalue weighted by Gasteiger charge is -2.27. The Kier molecular flexibility index (Phi) is 4.52. The summed E-state index contributed by atoms with van der Waals surface area (Å²) < 4.78 is 40.3. The standard InChI is InChI=1S/C17H10Cl2F2N2O3/c18-8-1-2-9(11(19)3-8)16-10-4-13-12(5-14(10)24-7-25-16)22-6-15(23-13)26-17(20)21/h1-6,16-17H,7H2. The molecule has 134 valence electrons. The van der Waals surface area contributed by atoms with Gasteiger partial charge in [0.05, 0.1) is 17.2 Å². The lowest BCUT2D eigenvalue weighted by Crippen LogP contribution is -2.18. The molecule has 0 fully saturated rings. The molecule has 0 N–H and O–H groups in total. The fourth-order valence-electron chi connectivity index (χ4n) is 2.74. The Morgan fingerprint density at radius 3 is 2.73 bits per heavy atom. The molecule has 1 aliphatic rings. The monoisotopic (exact) mass is 398 g/mol. The van der Waals surface area contributed by atoms with E-state index in [9.17, 15) is 8.78 Å². The van der Waals surface area contributed by atoms with Crippen LogP contribution in [0.5, 0.6) is 11.6 Å². The molecule has 0 bridgehead atoms. The molecule has 1 aliphatic heterocycles. The van der Waals surface area contributed by atoms with Gasteiger partial charge in [-0.1, -0.05) is 29.3 Å². The van der Waals surface area contributed by atoms with Gasteiger partial charge < -0.3 is 14.2 Å². The first-order valence-electron chi connectivity index (χ1n) is 7.46. The van der Waals surface area contributed by atoms with Crippen LogP contribution in [-0.4, -0.2) is 23.4 Å². The summed E-state index contributed by atoms with van der Waals surface area (Å²) in [7, 11) is 0. The van der Waals surface area contributed by atoms with E-state index in [4.69, 9.17) is 32.7 Å². The number of nitrogens with zero attached hydrogens (tertiary/aromatic N) is 2. The second-order valence-corrected chi connectivity index (χ2v) is 6.28. The van der Waals surface area contributed by atoms with Gasteiger partial charge in [-0.05, 0) is 18.2 Å². The second-order valence-electron chi connectivity index (χ2n) is 5.44. The third-order valence-corrected chi connectivity index (χ3v) is 4.40. The zero-order valence-electron chi connectivity index (χ0n) is 13.0. The molecule has 2 heterocycles. The van der Waals surface area contributed by atoms with Crippen LogP contribution in [0.2, 0.25) is 10.0 Å². The van der Waals surface area contributed by atoms with Crippen LogP contribution in [0.3, 0.4) is 0 Å². The Balaban J connectivity index is 1.81. The second kappa shape index (κ2) is 6.83. The maximum Gasteiger partial charge on any atom is 0.388 e. The molecule has 0 spiro atoms. The molecule has 0 saturated heterocycles. The van der Waals surface area contributed by atoms with Crippen molar-refractivity contribution in [2.45, 2.75) is 12.7 Å². The quantitative estimate of drug-likeness (QED) is 0.621. The average molecular weight is 399 g/mol. The largest absolute Gasteiger partial charge is 0.467 e. The predicted molar refractivity (Wildman–Crippen MR) is 91.1 cm³/mol. The lowest BCUT2D eigenvalue weighted by molar-refractivity contribution is -0.0529. The summed E-state index contributed by atoms with van der Waals surface area (Å²) in [6, 6.07) is 8.41. The maximum atomic E-state index is 12.4. The number of ether oxygens (including phenoxy) is 3. The number of alkyl halides is 2. The summed E-state index contributed by atoms with van der Waals surface area (Å²) in [5.74, 6) is 0.280. The highest BCUT2D eigenvalue weighted by atomic mass is 35.5. The van der Waals surface area contributed by atoms with Crippen molar-refractivity contribution in [3.8, 4) is 11.6 Å². The predicted octanol–water partition coefficient (Wildman–Crippen LogP) is 4.99. The van der Waals surface area contributed by atoms with E-state index in [1.807, 2.05) is 0 Å². The Morgan fingerprint density at radius 1 is 1.12 bits per heavy atom. The molecule has 1 atom stereocenters. The van der Waals surface area contributed by atoms with E-state index in [0.717, 1.165) is 6.20 Å². The van der Waals surface area contributed by atoms with Crippen molar-refractivity contribution in [2.24, 2.45) is 0 Å². The number of halogens is 4. The molecule has 0 aliphatic carbocycles. The van der Waals surface area contributed by atoms with E-state index < -0.39 is 12.7 Å². The van der Waals surface area contributed by atoms with Crippen LogP contribution in [0.1, 0.15) is 17.2 Å². The topological polar surface area (TPSA) is 53.5 Å². The van der Waals surface area contributed by atoms with Crippen LogP contribution in [0.15, 0.2) is 36.5 Å². The molecule has 26 heavy (non-hydrogen) atoms. The molecule has 0 radical (unpaired) electrons. The van der Waals surface area contributed by atoms with Gasteiger partial charge in [0.15, 0.2) is 6.79 Å². The van der Waals surface area contributed by atoms with Gasteiger partial charge in [0.25, 0.3) is 0 Å². The number of fused-ring (bicyclic) bond motifs is 2. The summed E-state index contributed by atoms with van der Waals surface area (Å²) in [5, 5.41) is 0.945. The van der Waals surface area contributed by atoms with E-state index >= 15 is 0 Å². The van der Waals surface area contributed by atoms with Crippen molar-refractivity contribution in [3.05, 3.63) is 57.7 Å². The van der Waals surface area contributed by atoms with Gasteiger partial charge in [-0.3, -0.25) is 0 Å². The molecular weight excluding hydrogens is 389 g/mol. The van der Waals surface area contributed by atoms with Gasteiger partial charge in [-0.2, -0.15) is 8.78 Å². The number of hydrogen-bond acceptors (Lipinski definition) is 5. The average Bonchev–Trinajstić information content (AvgIpc) is 2.59. The zero-order valence-corrected chi connectivity index (χ0v) is 14.5. The van der Waals surface area contributed by atoms with Gasteiger partial charge in [-0.25, -0.2) is 9.97 Å². The van der Waals surface area contributed by atoms with Crippen molar-refractivity contribution in [1.82, 2.24) is 9.97 Å². The van der Waals surface area contributed by atoms with Crippen LogP contribution in [0.25, 0.3) is 11.0 Å². The molecule has 4 rings (SSSR count). The minimum absolute atomic E-state index is 0.0299. The minimum Gasteiger partial charge on any atom is -0.467 e. The van der Waals surface area contributed by atoms with Crippen molar-refractivity contribution < 1.29 is 23.0 Å². The van der Waals surface area contributed by atoms with E-state index in [-0.39, 0.29) is 12.7 Å². The molecule has 5 nitrogen and oxygen atoms in total. The van der Waals surface area contributed by atoms with Crippen LogP contribution in [0, 0.1) is 0 Å². The van der Waals surface area contributed by atoms with Gasteiger partial charge >= 0.3 is 6.61 Å². The molecule has 0 amide bonds. The minimum atomic E-state index is -2.98. The summed E-state index contributed by atoms with van der Waals surface area (Å²) >= 11 is 12.2. The Morgan fingerprint density at radius 2 is 1.96 bits per heavy atom. The highest BCUT2D eigenvalue weighted by Gasteiger charge is 2.27. The number of aromatic nitrogens is 2. The highest BCUT2D eigenvalue weighted by Crippen LogP contribution is 2.41. The summed E-state index contributed by atoms with van der Waals surface area (Å²) in [5.41, 5.74) is 2.20. The molecule has 2 aromatic carbocycles. The number of rotatable bonds is 3. The van der Waals surface area contributed by atoms with Gasteiger partial charge in [0.2, 0.25) is 5.88 Å². The first kappa shape index (κ1) is 17.2. The summed E-state index contributed by atoms with van der Waals surface area (Å²) in [4.78, 5) is 8.14. The normalized spacial score (nSPS) is 16.4. The Labute approximate surface area is 156 Å². The third-order valence-electron chi connectivity index (χ3n) is 3.84. The Hall–Kier alpha value is -2.22. The summed E-state index contributed by atoms with van der Waals surface area (Å²) in [6.45, 7) is -2.95. The van der Waals surface area contributed by atoms with Crippen LogP contribution in [-0.2, 0) is 4.74 Å². The number of hydrogen-bond donors (Lipinski definition) is 0. The first-order valence-corrected chi connectivity index (χ1v) is 8.22. The highest BCUT2D eigenvalue weighted by molar-refractivity contribution is 6.35. The molecule has 1 aromatic heterocycles. The first-order chi connectivity index (χ1) is 12.5. The molecular formula is C17H10Cl2F2N2O3. The number of benzene rings is 2. The van der Waals surface area contributed by atoms with Crippen molar-refractivity contribution in [2.75, 3.05) is 6.79 Å². The van der Waals surface area contributed by atoms with Gasteiger partial charge in [0, 0.05) is 27.2 Å². The van der Waals surface area contributed by atoms with Crippen LogP contribution in [0.4, 0.5) is 8.78 Å². The molecule has 1 unspecified atom stereocenters. The van der Waals surface area contributed by atoms with Crippen molar-refractivity contribution in [1.29, 1.82) is 0 Å². The van der Waals surface area contributed by atoms with E-state index in [0.29, 0.717) is 38.0 Å². The van der Waals surface area contributed by atoms with Crippen molar-refractivity contribution in [3.63, 3.8) is 0 Å². The molecule has 3 aromatic rings. The molecule has 0 saturated carbocycles. The zero-order chi connectivity index (χ0) is 18.3. The Bertz CT molecular complexity index is 988. The summed E-state index contributed by atoms with van der Waals surface area (Å²) in [6.07, 6.45) is 0.614. The van der Waals surface area contributed by atoms with Gasteiger partial charge in [-0.15, -0.1) is 0 Å². The fraction of sp³-hybridized carbons (Fsp3) is 0.176. The SMILES string of the molecule is FC(F)Oc1cnc2cc3c(cc2n1)C(c1ccc(Cl)cc1Cl)OCO3. The van der Waals surface area contributed by atoms with Crippen LogP contribution < -0.4 is 9.47 Å². The third kappa shape index (κ3) is 3.25. The van der Waals surface area contributed by atoms with E-state index in [1.54, 1.807) is 30.3 Å².